The largest absolute Gasteiger partial charge is 0.461 e. The highest BCUT2D eigenvalue weighted by Crippen LogP contribution is 2.32. The number of aromatic nitrogens is 3. The van der Waals surface area contributed by atoms with Crippen LogP contribution in [0.5, 0.6) is 6.01 Å². The molecule has 0 unspecified atom stereocenters. The lowest BCUT2D eigenvalue weighted by Crippen LogP contribution is -2.37. The zero-order chi connectivity index (χ0) is 20.1. The average molecular weight is 395 g/mol. The van der Waals surface area contributed by atoms with E-state index >= 15 is 0 Å². The Morgan fingerprint density at radius 3 is 2.72 bits per heavy atom. The van der Waals surface area contributed by atoms with Crippen molar-refractivity contribution >= 4 is 28.2 Å². The van der Waals surface area contributed by atoms with Crippen LogP contribution < -0.4 is 14.5 Å². The van der Waals surface area contributed by atoms with Crippen molar-refractivity contribution in [3.63, 3.8) is 0 Å². The molecular weight excluding hydrogens is 370 g/mol. The molecule has 0 bridgehead atoms. The molecule has 8 nitrogen and oxygen atoms in total. The second-order valence-electron chi connectivity index (χ2n) is 6.72. The van der Waals surface area contributed by atoms with Gasteiger partial charge in [0.25, 0.3) is 0 Å². The number of benzene rings is 1. The van der Waals surface area contributed by atoms with Gasteiger partial charge >= 0.3 is 6.01 Å². The molecule has 1 aliphatic heterocycles. The van der Waals surface area contributed by atoms with Crippen molar-refractivity contribution in [1.29, 1.82) is 0 Å². The Bertz CT molecular complexity index is 948. The number of methoxy groups -OCH3 is 1. The molecule has 2 aromatic heterocycles. The third-order valence-electron chi connectivity index (χ3n) is 4.85. The summed E-state index contributed by atoms with van der Waals surface area (Å²) in [5.74, 6) is 1.74. The summed E-state index contributed by atoms with van der Waals surface area (Å²) in [6, 6.07) is 12.4. The second-order valence-corrected chi connectivity index (χ2v) is 6.72. The Kier molecular flexibility index (Phi) is 6.02. The molecule has 4 rings (SSSR count). The highest BCUT2D eigenvalue weighted by atomic mass is 16.5. The molecule has 1 aliphatic rings. The smallest absolute Gasteiger partial charge is 0.319 e. The minimum atomic E-state index is 0.363. The summed E-state index contributed by atoms with van der Waals surface area (Å²) < 4.78 is 16.3. The summed E-state index contributed by atoms with van der Waals surface area (Å²) in [6.45, 7) is 3.82. The van der Waals surface area contributed by atoms with Crippen molar-refractivity contribution in [2.45, 2.75) is 0 Å². The molecule has 3 heterocycles. The van der Waals surface area contributed by atoms with Crippen LogP contribution in [0, 0.1) is 0 Å². The van der Waals surface area contributed by atoms with E-state index in [0.29, 0.717) is 32.4 Å². The average Bonchev–Trinajstić information content (AvgIpc) is 2.79. The fourth-order valence-corrected chi connectivity index (χ4v) is 3.27. The van der Waals surface area contributed by atoms with Crippen LogP contribution in [0.15, 0.2) is 42.6 Å². The van der Waals surface area contributed by atoms with E-state index in [4.69, 9.17) is 19.2 Å². The van der Waals surface area contributed by atoms with Gasteiger partial charge in [0.2, 0.25) is 0 Å². The molecule has 0 atom stereocenters. The number of hydrogen-bond acceptors (Lipinski definition) is 8. The maximum atomic E-state index is 5.71. The highest BCUT2D eigenvalue weighted by molar-refractivity contribution is 5.93. The monoisotopic (exact) mass is 395 g/mol. The number of ether oxygens (including phenoxy) is 3. The number of rotatable bonds is 7. The van der Waals surface area contributed by atoms with E-state index in [0.717, 1.165) is 41.3 Å². The second kappa shape index (κ2) is 9.02. The minimum absolute atomic E-state index is 0.363. The van der Waals surface area contributed by atoms with Gasteiger partial charge in [-0.3, -0.25) is 0 Å². The molecule has 8 heteroatoms. The van der Waals surface area contributed by atoms with Gasteiger partial charge in [-0.1, -0.05) is 6.07 Å². The standard InChI is InChI=1S/C21H25N5O3/c1-25(19-5-3-4-8-22-19)16-6-7-18-17(15-16)20(26-9-11-28-12-10-26)24-21(23-18)29-14-13-27-2/h3-8,15H,9-14H2,1-2H3. The zero-order valence-corrected chi connectivity index (χ0v) is 16.7. The van der Waals surface area contributed by atoms with Crippen molar-refractivity contribution in [1.82, 2.24) is 15.0 Å². The molecule has 1 saturated heterocycles. The molecule has 0 radical (unpaired) electrons. The maximum absolute atomic E-state index is 5.71. The molecular formula is C21H25N5O3. The molecule has 152 valence electrons. The van der Waals surface area contributed by atoms with E-state index < -0.39 is 0 Å². The summed E-state index contributed by atoms with van der Waals surface area (Å²) in [4.78, 5) is 18.0. The van der Waals surface area contributed by atoms with Crippen LogP contribution in [0.25, 0.3) is 10.9 Å². The van der Waals surface area contributed by atoms with E-state index in [1.165, 1.54) is 0 Å². The van der Waals surface area contributed by atoms with Crippen LogP contribution in [-0.4, -0.2) is 68.6 Å². The van der Waals surface area contributed by atoms with Gasteiger partial charge in [0, 0.05) is 44.5 Å². The molecule has 0 N–H and O–H groups in total. The van der Waals surface area contributed by atoms with E-state index in [1.54, 1.807) is 13.3 Å². The summed E-state index contributed by atoms with van der Waals surface area (Å²) >= 11 is 0. The van der Waals surface area contributed by atoms with Crippen molar-refractivity contribution in [3.8, 4) is 6.01 Å². The molecule has 0 aliphatic carbocycles. The molecule has 3 aromatic rings. The summed E-state index contributed by atoms with van der Waals surface area (Å²) in [7, 11) is 3.64. The van der Waals surface area contributed by atoms with Gasteiger partial charge in [-0.15, -0.1) is 0 Å². The topological polar surface area (TPSA) is 72.8 Å². The first-order chi connectivity index (χ1) is 14.3. The lowest BCUT2D eigenvalue weighted by molar-refractivity contribution is 0.122. The lowest BCUT2D eigenvalue weighted by Gasteiger charge is -2.29. The number of pyridine rings is 1. The first-order valence-corrected chi connectivity index (χ1v) is 9.67. The van der Waals surface area contributed by atoms with Crippen LogP contribution in [0.4, 0.5) is 17.3 Å². The Morgan fingerprint density at radius 1 is 1.10 bits per heavy atom. The van der Waals surface area contributed by atoms with Gasteiger partial charge in [-0.25, -0.2) is 4.98 Å². The lowest BCUT2D eigenvalue weighted by atomic mass is 10.2. The van der Waals surface area contributed by atoms with Gasteiger partial charge in [-0.05, 0) is 30.3 Å². The molecule has 29 heavy (non-hydrogen) atoms. The molecule has 0 spiro atoms. The summed E-state index contributed by atoms with van der Waals surface area (Å²) in [5, 5.41) is 0.978. The van der Waals surface area contributed by atoms with E-state index in [9.17, 15) is 0 Å². The van der Waals surface area contributed by atoms with Crippen LogP contribution in [0.3, 0.4) is 0 Å². The number of nitrogens with zero attached hydrogens (tertiary/aromatic N) is 5. The van der Waals surface area contributed by atoms with E-state index in [-0.39, 0.29) is 0 Å². The van der Waals surface area contributed by atoms with Gasteiger partial charge < -0.3 is 24.0 Å². The zero-order valence-electron chi connectivity index (χ0n) is 16.7. The number of anilines is 3. The van der Waals surface area contributed by atoms with Crippen molar-refractivity contribution in [2.24, 2.45) is 0 Å². The Morgan fingerprint density at radius 2 is 1.97 bits per heavy atom. The van der Waals surface area contributed by atoms with E-state index in [1.807, 2.05) is 42.3 Å². The molecule has 1 fully saturated rings. The number of morpholine rings is 1. The maximum Gasteiger partial charge on any atom is 0.319 e. The summed E-state index contributed by atoms with van der Waals surface area (Å²) in [5.41, 5.74) is 1.86. The van der Waals surface area contributed by atoms with Crippen LogP contribution in [0.1, 0.15) is 0 Å². The third kappa shape index (κ3) is 4.38. The minimum Gasteiger partial charge on any atom is -0.461 e. The quantitative estimate of drug-likeness (QED) is 0.566. The normalized spacial score (nSPS) is 14.2. The first-order valence-electron chi connectivity index (χ1n) is 9.67. The van der Waals surface area contributed by atoms with Gasteiger partial charge in [0.05, 0.1) is 25.3 Å². The van der Waals surface area contributed by atoms with Gasteiger partial charge in [-0.2, -0.15) is 9.97 Å². The van der Waals surface area contributed by atoms with Crippen molar-refractivity contribution < 1.29 is 14.2 Å². The SMILES string of the molecule is COCCOc1nc(N2CCOCC2)c2cc(N(C)c3ccccn3)ccc2n1. The fourth-order valence-electron chi connectivity index (χ4n) is 3.27. The van der Waals surface area contributed by atoms with Gasteiger partial charge in [0.15, 0.2) is 0 Å². The van der Waals surface area contributed by atoms with Crippen LogP contribution >= 0.6 is 0 Å². The van der Waals surface area contributed by atoms with Crippen LogP contribution in [0.2, 0.25) is 0 Å². The first kappa shape index (κ1) is 19.4. The van der Waals surface area contributed by atoms with Crippen molar-refractivity contribution in [3.05, 3.63) is 42.6 Å². The van der Waals surface area contributed by atoms with Crippen LogP contribution in [-0.2, 0) is 9.47 Å². The fraction of sp³-hybridized carbons (Fsp3) is 0.381. The Balaban J connectivity index is 1.74. The molecule has 1 aromatic carbocycles. The summed E-state index contributed by atoms with van der Waals surface area (Å²) in [6.07, 6.45) is 1.79. The molecule has 0 saturated carbocycles. The van der Waals surface area contributed by atoms with Gasteiger partial charge in [0.1, 0.15) is 18.2 Å². The predicted octanol–water partition coefficient (Wildman–Crippen LogP) is 2.65. The Hall–Kier alpha value is -2.97. The van der Waals surface area contributed by atoms with Crippen molar-refractivity contribution in [2.75, 3.05) is 63.5 Å². The Labute approximate surface area is 170 Å². The predicted molar refractivity (Wildman–Crippen MR) is 112 cm³/mol. The van der Waals surface area contributed by atoms with E-state index in [2.05, 4.69) is 20.9 Å². The highest BCUT2D eigenvalue weighted by Gasteiger charge is 2.19. The third-order valence-corrected chi connectivity index (χ3v) is 4.85. The molecule has 0 amide bonds. The number of hydrogen-bond donors (Lipinski definition) is 0. The number of fused-ring (bicyclic) bond motifs is 1.